The van der Waals surface area contributed by atoms with Gasteiger partial charge in [0, 0.05) is 6.61 Å². The molecular formula is C14H19N5O2. The van der Waals surface area contributed by atoms with Gasteiger partial charge in [-0.15, -0.1) is 0 Å². The number of H-pyrrole nitrogens is 1. The zero-order valence-electron chi connectivity index (χ0n) is 12.1. The minimum Gasteiger partial charge on any atom is -0.367 e. The van der Waals surface area contributed by atoms with Crippen LogP contribution in [0.2, 0.25) is 0 Å². The molecule has 1 saturated carbocycles. The SMILES string of the molecule is CC1(c2noc(-c3cnc(C4(N)CCC4)[nH]3)n2)CCCO1. The highest BCUT2D eigenvalue weighted by Crippen LogP contribution is 2.38. The normalized spacial score (nSPS) is 27.7. The van der Waals surface area contributed by atoms with E-state index in [2.05, 4.69) is 20.1 Å². The Morgan fingerprint density at radius 2 is 2.14 bits per heavy atom. The maximum Gasteiger partial charge on any atom is 0.276 e. The summed E-state index contributed by atoms with van der Waals surface area (Å²) in [6.07, 6.45) is 6.70. The van der Waals surface area contributed by atoms with Gasteiger partial charge in [-0.05, 0) is 39.0 Å². The van der Waals surface area contributed by atoms with Crippen LogP contribution in [0.25, 0.3) is 11.6 Å². The van der Waals surface area contributed by atoms with Crippen molar-refractivity contribution in [2.24, 2.45) is 5.73 Å². The molecular weight excluding hydrogens is 270 g/mol. The summed E-state index contributed by atoms with van der Waals surface area (Å²) < 4.78 is 11.1. The lowest BCUT2D eigenvalue weighted by Gasteiger charge is -2.35. The van der Waals surface area contributed by atoms with E-state index in [9.17, 15) is 0 Å². The Morgan fingerprint density at radius 3 is 2.81 bits per heavy atom. The van der Waals surface area contributed by atoms with E-state index in [1.54, 1.807) is 6.20 Å². The van der Waals surface area contributed by atoms with Crippen molar-refractivity contribution in [3.63, 3.8) is 0 Å². The largest absolute Gasteiger partial charge is 0.367 e. The van der Waals surface area contributed by atoms with Crippen molar-refractivity contribution in [1.29, 1.82) is 0 Å². The van der Waals surface area contributed by atoms with Crippen LogP contribution in [-0.4, -0.2) is 26.7 Å². The first-order valence-electron chi connectivity index (χ1n) is 7.42. The van der Waals surface area contributed by atoms with Gasteiger partial charge in [-0.25, -0.2) is 4.98 Å². The molecule has 1 atom stereocenters. The van der Waals surface area contributed by atoms with Crippen molar-refractivity contribution in [2.45, 2.75) is 50.2 Å². The number of nitrogens with zero attached hydrogens (tertiary/aromatic N) is 3. The van der Waals surface area contributed by atoms with Gasteiger partial charge in [0.2, 0.25) is 5.82 Å². The molecule has 3 N–H and O–H groups in total. The summed E-state index contributed by atoms with van der Waals surface area (Å²) in [7, 11) is 0. The van der Waals surface area contributed by atoms with Crippen LogP contribution in [0, 0.1) is 0 Å². The van der Waals surface area contributed by atoms with Crippen molar-refractivity contribution in [3.05, 3.63) is 17.8 Å². The average molecular weight is 289 g/mol. The van der Waals surface area contributed by atoms with Crippen LogP contribution in [0.3, 0.4) is 0 Å². The maximum atomic E-state index is 6.26. The zero-order valence-corrected chi connectivity index (χ0v) is 12.1. The van der Waals surface area contributed by atoms with Crippen LogP contribution in [0.1, 0.15) is 50.7 Å². The Kier molecular flexibility index (Phi) is 2.71. The molecule has 0 bridgehead atoms. The molecule has 3 heterocycles. The molecule has 2 aliphatic rings. The van der Waals surface area contributed by atoms with E-state index in [-0.39, 0.29) is 5.54 Å². The molecule has 2 aromatic heterocycles. The minimum atomic E-state index is -0.437. The Balaban J connectivity index is 1.61. The molecule has 0 amide bonds. The fourth-order valence-corrected chi connectivity index (χ4v) is 2.98. The first-order valence-corrected chi connectivity index (χ1v) is 7.42. The molecule has 1 aliphatic carbocycles. The third-order valence-electron chi connectivity index (χ3n) is 4.64. The number of imidazole rings is 1. The van der Waals surface area contributed by atoms with Crippen LogP contribution in [-0.2, 0) is 15.9 Å². The van der Waals surface area contributed by atoms with Crippen LogP contribution >= 0.6 is 0 Å². The van der Waals surface area contributed by atoms with E-state index in [0.29, 0.717) is 17.4 Å². The van der Waals surface area contributed by atoms with Crippen LogP contribution in [0.5, 0.6) is 0 Å². The molecule has 0 radical (unpaired) electrons. The lowest BCUT2D eigenvalue weighted by atomic mass is 9.77. The second-order valence-electron chi connectivity index (χ2n) is 6.26. The van der Waals surface area contributed by atoms with E-state index >= 15 is 0 Å². The maximum absolute atomic E-state index is 6.26. The molecule has 1 unspecified atom stereocenters. The molecule has 21 heavy (non-hydrogen) atoms. The van der Waals surface area contributed by atoms with Crippen molar-refractivity contribution < 1.29 is 9.26 Å². The summed E-state index contributed by atoms with van der Waals surface area (Å²) in [5, 5.41) is 4.06. The summed E-state index contributed by atoms with van der Waals surface area (Å²) in [6, 6.07) is 0. The standard InChI is InChI=1S/C14H19N5O2/c1-13(4-3-7-20-13)11-18-10(21-19-11)9-8-16-12(17-9)14(15)5-2-6-14/h8H,2-7,15H2,1H3,(H,16,17). The van der Waals surface area contributed by atoms with Crippen molar-refractivity contribution >= 4 is 0 Å². The zero-order chi connectivity index (χ0) is 14.5. The number of ether oxygens (including phenoxy) is 1. The fraction of sp³-hybridized carbons (Fsp3) is 0.643. The number of aromatic amines is 1. The Hall–Kier alpha value is -1.73. The molecule has 1 aliphatic heterocycles. The summed E-state index contributed by atoms with van der Waals surface area (Å²) in [5.74, 6) is 1.83. The van der Waals surface area contributed by atoms with Gasteiger partial charge in [0.25, 0.3) is 5.89 Å². The minimum absolute atomic E-state index is 0.318. The quantitative estimate of drug-likeness (QED) is 0.893. The molecule has 0 spiro atoms. The number of hydrogen-bond acceptors (Lipinski definition) is 6. The lowest BCUT2D eigenvalue weighted by Crippen LogP contribution is -2.44. The van der Waals surface area contributed by atoms with Gasteiger partial charge in [0.05, 0.1) is 11.7 Å². The molecule has 112 valence electrons. The van der Waals surface area contributed by atoms with Gasteiger partial charge in [0.1, 0.15) is 17.1 Å². The highest BCUT2D eigenvalue weighted by molar-refractivity contribution is 5.46. The smallest absolute Gasteiger partial charge is 0.276 e. The number of hydrogen-bond donors (Lipinski definition) is 2. The number of nitrogens with one attached hydrogen (secondary N) is 1. The van der Waals surface area contributed by atoms with Gasteiger partial charge in [-0.2, -0.15) is 4.98 Å². The fourth-order valence-electron chi connectivity index (χ4n) is 2.98. The van der Waals surface area contributed by atoms with Gasteiger partial charge in [0.15, 0.2) is 0 Å². The average Bonchev–Trinajstić information content (AvgIpc) is 3.15. The van der Waals surface area contributed by atoms with Crippen LogP contribution in [0.4, 0.5) is 0 Å². The van der Waals surface area contributed by atoms with Crippen LogP contribution < -0.4 is 5.73 Å². The number of nitrogens with two attached hydrogens (primary N) is 1. The van der Waals surface area contributed by atoms with E-state index < -0.39 is 5.60 Å². The number of aromatic nitrogens is 4. The predicted octanol–water partition coefficient (Wildman–Crippen LogP) is 1.82. The van der Waals surface area contributed by atoms with E-state index in [1.807, 2.05) is 6.92 Å². The summed E-state index contributed by atoms with van der Waals surface area (Å²) in [4.78, 5) is 12.0. The highest BCUT2D eigenvalue weighted by atomic mass is 16.5. The van der Waals surface area contributed by atoms with Crippen molar-refractivity contribution in [1.82, 2.24) is 20.1 Å². The first-order chi connectivity index (χ1) is 10.1. The molecule has 7 heteroatoms. The molecule has 7 nitrogen and oxygen atoms in total. The summed E-state index contributed by atoms with van der Waals surface area (Å²) >= 11 is 0. The summed E-state index contributed by atoms with van der Waals surface area (Å²) in [5.41, 5.74) is 6.22. The monoisotopic (exact) mass is 289 g/mol. The molecule has 2 fully saturated rings. The van der Waals surface area contributed by atoms with Crippen molar-refractivity contribution in [2.75, 3.05) is 6.61 Å². The van der Waals surface area contributed by atoms with E-state index in [1.165, 1.54) is 0 Å². The van der Waals surface area contributed by atoms with Gasteiger partial charge < -0.3 is 20.0 Å². The van der Waals surface area contributed by atoms with E-state index in [0.717, 1.165) is 44.5 Å². The molecule has 2 aromatic rings. The first kappa shape index (κ1) is 13.0. The van der Waals surface area contributed by atoms with Gasteiger partial charge in [-0.3, -0.25) is 0 Å². The molecule has 0 aromatic carbocycles. The second kappa shape index (κ2) is 4.38. The molecule has 1 saturated heterocycles. The third kappa shape index (κ3) is 1.99. The Bertz CT molecular complexity index is 652. The highest BCUT2D eigenvalue weighted by Gasteiger charge is 2.39. The second-order valence-corrected chi connectivity index (χ2v) is 6.26. The Labute approximate surface area is 122 Å². The summed E-state index contributed by atoms with van der Waals surface area (Å²) in [6.45, 7) is 2.74. The third-order valence-corrected chi connectivity index (χ3v) is 4.64. The lowest BCUT2D eigenvalue weighted by molar-refractivity contribution is 0.00768. The predicted molar refractivity (Wildman–Crippen MR) is 74.1 cm³/mol. The van der Waals surface area contributed by atoms with Crippen molar-refractivity contribution in [3.8, 4) is 11.6 Å². The molecule has 4 rings (SSSR count). The number of rotatable bonds is 3. The van der Waals surface area contributed by atoms with Crippen LogP contribution in [0.15, 0.2) is 10.7 Å². The topological polar surface area (TPSA) is 103 Å². The van der Waals surface area contributed by atoms with Gasteiger partial charge in [-0.1, -0.05) is 5.16 Å². The Morgan fingerprint density at radius 1 is 1.29 bits per heavy atom. The van der Waals surface area contributed by atoms with E-state index in [4.69, 9.17) is 15.0 Å². The van der Waals surface area contributed by atoms with Gasteiger partial charge >= 0.3 is 0 Å².